The first kappa shape index (κ1) is 21.7. The van der Waals surface area contributed by atoms with Gasteiger partial charge in [-0.05, 0) is 31.2 Å². The lowest BCUT2D eigenvalue weighted by atomic mass is 10.2. The first-order chi connectivity index (χ1) is 14.4. The molecule has 2 aromatic heterocycles. The van der Waals surface area contributed by atoms with Crippen LogP contribution >= 0.6 is 22.9 Å². The fourth-order valence-corrected chi connectivity index (χ4v) is 3.59. The molecule has 0 unspecified atom stereocenters. The lowest BCUT2D eigenvalue weighted by molar-refractivity contribution is -0.142. The van der Waals surface area contributed by atoms with Crippen LogP contribution in [0.25, 0.3) is 0 Å². The number of nitrogens with zero attached hydrogens (tertiary/aromatic N) is 2. The summed E-state index contributed by atoms with van der Waals surface area (Å²) in [6, 6.07) is 7.12. The Bertz CT molecular complexity index is 1120. The van der Waals surface area contributed by atoms with E-state index in [9.17, 15) is 18.8 Å². The summed E-state index contributed by atoms with van der Waals surface area (Å²) in [6.45, 7) is 1.86. The number of hydrogen-bond donors (Lipinski definition) is 1. The first-order valence-electron chi connectivity index (χ1n) is 8.92. The lowest BCUT2D eigenvalue weighted by Gasteiger charge is -2.10. The highest BCUT2D eigenvalue weighted by molar-refractivity contribution is 7.14. The minimum Gasteiger partial charge on any atom is -0.466 e. The largest absolute Gasteiger partial charge is 0.466 e. The minimum absolute atomic E-state index is 0.0122. The number of rotatable bonds is 7. The van der Waals surface area contributed by atoms with Crippen LogP contribution in [0.3, 0.4) is 0 Å². The quantitative estimate of drug-likeness (QED) is 0.557. The van der Waals surface area contributed by atoms with Gasteiger partial charge in [-0.25, -0.2) is 9.37 Å². The molecule has 30 heavy (non-hydrogen) atoms. The van der Waals surface area contributed by atoms with Crippen molar-refractivity contribution in [2.75, 3.05) is 11.9 Å². The Balaban J connectivity index is 1.76. The van der Waals surface area contributed by atoms with Gasteiger partial charge in [0, 0.05) is 22.2 Å². The third-order valence-electron chi connectivity index (χ3n) is 4.06. The summed E-state index contributed by atoms with van der Waals surface area (Å²) in [4.78, 5) is 40.9. The predicted molar refractivity (Wildman–Crippen MR) is 112 cm³/mol. The van der Waals surface area contributed by atoms with Crippen LogP contribution < -0.4 is 10.9 Å². The summed E-state index contributed by atoms with van der Waals surface area (Å²) >= 11 is 7.15. The number of carbonyl (C=O) groups excluding carboxylic acids is 2. The van der Waals surface area contributed by atoms with Crippen LogP contribution in [-0.2, 0) is 22.5 Å². The summed E-state index contributed by atoms with van der Waals surface area (Å²) < 4.78 is 20.1. The molecule has 0 atom stereocenters. The Hall–Kier alpha value is -3.04. The number of halogens is 2. The fraction of sp³-hybridized carbons (Fsp3) is 0.200. The standard InChI is InChI=1S/C20H17ClFN3O4S/c1-2-29-17(26)9-12-11-30-20(23-12)24-18(27)13-5-4-8-25(19(13)28)10-14-15(21)6-3-7-16(14)22/h3-8,11H,2,9-10H2,1H3,(H,23,24,27). The normalized spacial score (nSPS) is 10.6. The molecule has 0 saturated heterocycles. The van der Waals surface area contributed by atoms with Crippen molar-refractivity contribution in [3.05, 3.63) is 79.9 Å². The third kappa shape index (κ3) is 5.11. The highest BCUT2D eigenvalue weighted by atomic mass is 35.5. The van der Waals surface area contributed by atoms with Gasteiger partial charge in [0.15, 0.2) is 5.13 Å². The van der Waals surface area contributed by atoms with Gasteiger partial charge in [-0.2, -0.15) is 0 Å². The van der Waals surface area contributed by atoms with Crippen LogP contribution in [0.2, 0.25) is 5.02 Å². The molecule has 2 heterocycles. The molecule has 0 spiro atoms. The summed E-state index contributed by atoms with van der Waals surface area (Å²) in [5.74, 6) is -1.62. The molecule has 1 amide bonds. The van der Waals surface area contributed by atoms with Gasteiger partial charge in [-0.3, -0.25) is 19.7 Å². The van der Waals surface area contributed by atoms with E-state index in [0.29, 0.717) is 5.69 Å². The zero-order valence-electron chi connectivity index (χ0n) is 15.9. The summed E-state index contributed by atoms with van der Waals surface area (Å²) in [6.07, 6.45) is 1.43. The van der Waals surface area contributed by atoms with Crippen molar-refractivity contribution in [3.8, 4) is 0 Å². The van der Waals surface area contributed by atoms with Crippen LogP contribution in [0.1, 0.15) is 28.5 Å². The number of anilines is 1. The number of aromatic nitrogens is 2. The molecular weight excluding hydrogens is 433 g/mol. The Kier molecular flexibility index (Phi) is 6.96. The van der Waals surface area contributed by atoms with E-state index in [1.807, 2.05) is 0 Å². The molecule has 1 N–H and O–H groups in total. The molecule has 156 valence electrons. The van der Waals surface area contributed by atoms with Crippen LogP contribution in [-0.4, -0.2) is 28.0 Å². The predicted octanol–water partition coefficient (Wildman–Crippen LogP) is 3.50. The third-order valence-corrected chi connectivity index (χ3v) is 5.22. The lowest BCUT2D eigenvalue weighted by Crippen LogP contribution is -2.29. The van der Waals surface area contributed by atoms with Crippen molar-refractivity contribution in [1.82, 2.24) is 9.55 Å². The van der Waals surface area contributed by atoms with Crippen molar-refractivity contribution in [1.29, 1.82) is 0 Å². The molecular formula is C20H17ClFN3O4S. The smallest absolute Gasteiger partial charge is 0.311 e. The number of amides is 1. The highest BCUT2D eigenvalue weighted by Gasteiger charge is 2.16. The van der Waals surface area contributed by atoms with E-state index in [4.69, 9.17) is 16.3 Å². The molecule has 3 aromatic rings. The van der Waals surface area contributed by atoms with E-state index < -0.39 is 23.3 Å². The van der Waals surface area contributed by atoms with Gasteiger partial charge in [0.2, 0.25) is 0 Å². The van der Waals surface area contributed by atoms with E-state index in [2.05, 4.69) is 10.3 Å². The molecule has 0 saturated carbocycles. The minimum atomic E-state index is -0.661. The molecule has 0 radical (unpaired) electrons. The van der Waals surface area contributed by atoms with Crippen LogP contribution in [0, 0.1) is 5.82 Å². The maximum Gasteiger partial charge on any atom is 0.311 e. The van der Waals surface area contributed by atoms with Crippen LogP contribution in [0.5, 0.6) is 0 Å². The van der Waals surface area contributed by atoms with E-state index in [-0.39, 0.29) is 40.9 Å². The zero-order chi connectivity index (χ0) is 21.7. The number of benzene rings is 1. The van der Waals surface area contributed by atoms with E-state index in [1.165, 1.54) is 41.1 Å². The molecule has 3 rings (SSSR count). The molecule has 0 fully saturated rings. The Labute approximate surface area is 180 Å². The van der Waals surface area contributed by atoms with E-state index >= 15 is 0 Å². The number of pyridine rings is 1. The van der Waals surface area contributed by atoms with Gasteiger partial charge in [0.1, 0.15) is 11.4 Å². The van der Waals surface area contributed by atoms with E-state index in [0.717, 1.165) is 11.3 Å². The Morgan fingerprint density at radius 1 is 1.30 bits per heavy atom. The van der Waals surface area contributed by atoms with Gasteiger partial charge in [0.05, 0.1) is 25.3 Å². The molecule has 7 nitrogen and oxygen atoms in total. The average molecular weight is 450 g/mol. The number of thiazole rings is 1. The average Bonchev–Trinajstić information content (AvgIpc) is 3.12. The van der Waals surface area contributed by atoms with E-state index in [1.54, 1.807) is 12.3 Å². The fourth-order valence-electron chi connectivity index (χ4n) is 2.66. The molecule has 1 aromatic carbocycles. The topological polar surface area (TPSA) is 90.3 Å². The highest BCUT2D eigenvalue weighted by Crippen LogP contribution is 2.20. The van der Waals surface area contributed by atoms with Gasteiger partial charge in [-0.1, -0.05) is 17.7 Å². The van der Waals surface area contributed by atoms with Crippen molar-refractivity contribution in [2.45, 2.75) is 19.9 Å². The van der Waals surface area contributed by atoms with Crippen LogP contribution in [0.4, 0.5) is 9.52 Å². The second-order valence-electron chi connectivity index (χ2n) is 6.14. The monoisotopic (exact) mass is 449 g/mol. The maximum atomic E-state index is 14.0. The molecule has 10 heteroatoms. The number of nitrogens with one attached hydrogen (secondary N) is 1. The summed E-state index contributed by atoms with van der Waals surface area (Å²) in [5, 5.41) is 4.59. The zero-order valence-corrected chi connectivity index (χ0v) is 17.4. The van der Waals surface area contributed by atoms with Gasteiger partial charge in [-0.15, -0.1) is 11.3 Å². The molecule has 0 aliphatic carbocycles. The number of carbonyl (C=O) groups is 2. The SMILES string of the molecule is CCOC(=O)Cc1csc(NC(=O)c2cccn(Cc3c(F)cccc3Cl)c2=O)n1. The van der Waals surface area contributed by atoms with Crippen molar-refractivity contribution in [2.24, 2.45) is 0 Å². The van der Waals surface area contributed by atoms with Gasteiger partial charge >= 0.3 is 5.97 Å². The van der Waals surface area contributed by atoms with Crippen LogP contribution in [0.15, 0.2) is 46.7 Å². The number of ether oxygens (including phenoxy) is 1. The molecule has 0 aliphatic rings. The van der Waals surface area contributed by atoms with Gasteiger partial charge < -0.3 is 9.30 Å². The number of esters is 1. The first-order valence-corrected chi connectivity index (χ1v) is 10.2. The summed E-state index contributed by atoms with van der Waals surface area (Å²) in [7, 11) is 0. The maximum absolute atomic E-state index is 14.0. The Morgan fingerprint density at radius 2 is 2.10 bits per heavy atom. The summed E-state index contributed by atoms with van der Waals surface area (Å²) in [5.41, 5.74) is -0.125. The Morgan fingerprint density at radius 3 is 2.83 bits per heavy atom. The number of hydrogen-bond acceptors (Lipinski definition) is 6. The molecule has 0 bridgehead atoms. The second kappa shape index (κ2) is 9.64. The van der Waals surface area contributed by atoms with Crippen molar-refractivity contribution >= 4 is 39.9 Å². The van der Waals surface area contributed by atoms with Gasteiger partial charge in [0.25, 0.3) is 11.5 Å². The second-order valence-corrected chi connectivity index (χ2v) is 7.40. The van der Waals surface area contributed by atoms with Crippen molar-refractivity contribution in [3.63, 3.8) is 0 Å². The van der Waals surface area contributed by atoms with Crippen molar-refractivity contribution < 1.29 is 18.7 Å². The molecule has 0 aliphatic heterocycles.